The topological polar surface area (TPSA) is 41.1 Å². The van der Waals surface area contributed by atoms with E-state index in [9.17, 15) is 0 Å². The Bertz CT molecular complexity index is 349. The van der Waals surface area contributed by atoms with E-state index in [0.717, 1.165) is 36.7 Å². The van der Waals surface area contributed by atoms with Crippen molar-refractivity contribution in [1.82, 2.24) is 14.9 Å². The molecule has 1 N–H and O–H groups in total. The fourth-order valence-electron chi connectivity index (χ4n) is 1.43. The molecule has 0 atom stereocenters. The van der Waals surface area contributed by atoms with Crippen LogP contribution in [0.3, 0.4) is 0 Å². The Kier molecular flexibility index (Phi) is 5.35. The highest BCUT2D eigenvalue weighted by Crippen LogP contribution is 2.05. The Balaban J connectivity index is 2.29. The fraction of sp³-hybridized carbons (Fsp3) is 0.692. The van der Waals surface area contributed by atoms with Gasteiger partial charge in [-0.25, -0.2) is 4.98 Å². The van der Waals surface area contributed by atoms with Gasteiger partial charge in [-0.2, -0.15) is 0 Å². The Morgan fingerprint density at radius 1 is 1.29 bits per heavy atom. The van der Waals surface area contributed by atoms with Gasteiger partial charge in [0.05, 0.1) is 17.6 Å². The molecule has 0 fully saturated rings. The van der Waals surface area contributed by atoms with Crippen LogP contribution in [0.4, 0.5) is 5.82 Å². The minimum absolute atomic E-state index is 0.608. The minimum atomic E-state index is 0.608. The average molecular weight is 236 g/mol. The quantitative estimate of drug-likeness (QED) is 0.769. The molecule has 0 amide bonds. The Hall–Kier alpha value is -1.16. The van der Waals surface area contributed by atoms with Crippen LogP contribution in [0.2, 0.25) is 0 Å². The molecular formula is C13H24N4. The molecule has 0 aliphatic heterocycles. The monoisotopic (exact) mass is 236 g/mol. The number of hydrogen-bond donors (Lipinski definition) is 1. The van der Waals surface area contributed by atoms with E-state index in [2.05, 4.69) is 41.1 Å². The number of aryl methyl sites for hydroxylation is 2. The number of rotatable bonds is 6. The predicted octanol–water partition coefficient (Wildman–Crippen LogP) is 2.24. The summed E-state index contributed by atoms with van der Waals surface area (Å²) in [5, 5.41) is 3.31. The van der Waals surface area contributed by atoms with Crippen LogP contribution in [0.25, 0.3) is 0 Å². The van der Waals surface area contributed by atoms with E-state index < -0.39 is 0 Å². The van der Waals surface area contributed by atoms with E-state index in [1.165, 1.54) is 0 Å². The summed E-state index contributed by atoms with van der Waals surface area (Å²) in [6.45, 7) is 10.4. The summed E-state index contributed by atoms with van der Waals surface area (Å²) in [5.74, 6) is 0.875. The smallest absolute Gasteiger partial charge is 0.144 e. The predicted molar refractivity (Wildman–Crippen MR) is 72.4 cm³/mol. The number of anilines is 1. The van der Waals surface area contributed by atoms with E-state index in [1.807, 2.05) is 13.8 Å². The van der Waals surface area contributed by atoms with Crippen molar-refractivity contribution in [2.45, 2.75) is 40.2 Å². The SMILES string of the molecule is Cc1ncc(NCCCN(C)C(C)C)nc1C. The summed E-state index contributed by atoms with van der Waals surface area (Å²) in [7, 11) is 2.15. The summed E-state index contributed by atoms with van der Waals surface area (Å²) in [6.07, 6.45) is 2.91. The second-order valence-electron chi connectivity index (χ2n) is 4.78. The van der Waals surface area contributed by atoms with E-state index in [-0.39, 0.29) is 0 Å². The van der Waals surface area contributed by atoms with Crippen molar-refractivity contribution in [2.75, 3.05) is 25.5 Å². The fourth-order valence-corrected chi connectivity index (χ4v) is 1.43. The van der Waals surface area contributed by atoms with Crippen LogP contribution >= 0.6 is 0 Å². The number of nitrogens with one attached hydrogen (secondary N) is 1. The van der Waals surface area contributed by atoms with Crippen LogP contribution in [-0.4, -0.2) is 41.0 Å². The molecule has 1 aromatic rings. The second kappa shape index (κ2) is 6.55. The van der Waals surface area contributed by atoms with Crippen LogP contribution in [0, 0.1) is 13.8 Å². The third-order valence-electron chi connectivity index (χ3n) is 3.07. The highest BCUT2D eigenvalue weighted by atomic mass is 15.1. The molecule has 96 valence electrons. The Morgan fingerprint density at radius 3 is 2.59 bits per heavy atom. The average Bonchev–Trinajstić information content (AvgIpc) is 2.28. The van der Waals surface area contributed by atoms with Gasteiger partial charge in [0.2, 0.25) is 0 Å². The van der Waals surface area contributed by atoms with Gasteiger partial charge in [-0.1, -0.05) is 0 Å². The maximum absolute atomic E-state index is 4.44. The summed E-state index contributed by atoms with van der Waals surface area (Å²) in [4.78, 5) is 11.1. The van der Waals surface area contributed by atoms with Crippen molar-refractivity contribution in [3.8, 4) is 0 Å². The normalized spacial score (nSPS) is 11.2. The zero-order valence-corrected chi connectivity index (χ0v) is 11.6. The van der Waals surface area contributed by atoms with Crippen LogP contribution < -0.4 is 5.32 Å². The molecule has 0 bridgehead atoms. The molecule has 0 saturated carbocycles. The van der Waals surface area contributed by atoms with Crippen molar-refractivity contribution in [2.24, 2.45) is 0 Å². The zero-order valence-electron chi connectivity index (χ0n) is 11.6. The first kappa shape index (κ1) is 13.9. The maximum atomic E-state index is 4.44. The molecule has 0 saturated heterocycles. The summed E-state index contributed by atoms with van der Waals surface area (Å²) >= 11 is 0. The van der Waals surface area contributed by atoms with Crippen molar-refractivity contribution < 1.29 is 0 Å². The van der Waals surface area contributed by atoms with Gasteiger partial charge < -0.3 is 10.2 Å². The molecule has 0 aliphatic carbocycles. The van der Waals surface area contributed by atoms with Crippen LogP contribution in [-0.2, 0) is 0 Å². The largest absolute Gasteiger partial charge is 0.369 e. The third-order valence-corrected chi connectivity index (χ3v) is 3.07. The number of aromatic nitrogens is 2. The molecule has 4 nitrogen and oxygen atoms in total. The van der Waals surface area contributed by atoms with Crippen molar-refractivity contribution in [3.63, 3.8) is 0 Å². The van der Waals surface area contributed by atoms with Gasteiger partial charge in [-0.15, -0.1) is 0 Å². The van der Waals surface area contributed by atoms with E-state index in [0.29, 0.717) is 6.04 Å². The van der Waals surface area contributed by atoms with Crippen LogP contribution in [0.15, 0.2) is 6.20 Å². The lowest BCUT2D eigenvalue weighted by Crippen LogP contribution is -2.28. The summed E-state index contributed by atoms with van der Waals surface area (Å²) in [5.41, 5.74) is 1.99. The molecule has 17 heavy (non-hydrogen) atoms. The molecule has 0 aliphatic rings. The van der Waals surface area contributed by atoms with Crippen molar-refractivity contribution in [1.29, 1.82) is 0 Å². The summed E-state index contributed by atoms with van der Waals surface area (Å²) in [6, 6.07) is 0.608. The minimum Gasteiger partial charge on any atom is -0.369 e. The molecule has 1 aromatic heterocycles. The number of hydrogen-bond acceptors (Lipinski definition) is 4. The van der Waals surface area contributed by atoms with Gasteiger partial charge >= 0.3 is 0 Å². The van der Waals surface area contributed by atoms with Gasteiger partial charge in [0.15, 0.2) is 0 Å². The van der Waals surface area contributed by atoms with Gasteiger partial charge in [0.25, 0.3) is 0 Å². The molecule has 4 heteroatoms. The lowest BCUT2D eigenvalue weighted by Gasteiger charge is -2.20. The van der Waals surface area contributed by atoms with Gasteiger partial charge in [0, 0.05) is 12.6 Å². The Labute approximate surface area is 104 Å². The molecule has 0 aromatic carbocycles. The van der Waals surface area contributed by atoms with Gasteiger partial charge in [-0.05, 0) is 47.7 Å². The standard InChI is InChI=1S/C13H24N4/c1-10(2)17(5)8-6-7-14-13-9-15-11(3)12(4)16-13/h9-10H,6-8H2,1-5H3,(H,14,16). The lowest BCUT2D eigenvalue weighted by atomic mass is 10.3. The first-order valence-electron chi connectivity index (χ1n) is 6.25. The van der Waals surface area contributed by atoms with Crippen molar-refractivity contribution >= 4 is 5.82 Å². The third kappa shape index (κ3) is 4.69. The molecule has 0 unspecified atom stereocenters. The first-order chi connectivity index (χ1) is 8.00. The molecule has 1 heterocycles. The highest BCUT2D eigenvalue weighted by molar-refractivity contribution is 5.33. The van der Waals surface area contributed by atoms with Gasteiger partial charge in [-0.3, -0.25) is 4.98 Å². The molecule has 0 radical (unpaired) electrons. The summed E-state index contributed by atoms with van der Waals surface area (Å²) < 4.78 is 0. The lowest BCUT2D eigenvalue weighted by molar-refractivity contribution is 0.273. The van der Waals surface area contributed by atoms with Crippen molar-refractivity contribution in [3.05, 3.63) is 17.6 Å². The number of nitrogens with zero attached hydrogens (tertiary/aromatic N) is 3. The Morgan fingerprint density at radius 2 is 2.00 bits per heavy atom. The van der Waals surface area contributed by atoms with E-state index in [1.54, 1.807) is 6.20 Å². The van der Waals surface area contributed by atoms with E-state index in [4.69, 9.17) is 0 Å². The molecule has 1 rings (SSSR count). The molecular weight excluding hydrogens is 212 g/mol. The van der Waals surface area contributed by atoms with E-state index >= 15 is 0 Å². The highest BCUT2D eigenvalue weighted by Gasteiger charge is 2.02. The second-order valence-corrected chi connectivity index (χ2v) is 4.78. The van der Waals surface area contributed by atoms with Crippen LogP contribution in [0.1, 0.15) is 31.7 Å². The molecule has 0 spiro atoms. The van der Waals surface area contributed by atoms with Gasteiger partial charge in [0.1, 0.15) is 5.82 Å². The maximum Gasteiger partial charge on any atom is 0.144 e. The van der Waals surface area contributed by atoms with Crippen LogP contribution in [0.5, 0.6) is 0 Å². The zero-order chi connectivity index (χ0) is 12.8. The first-order valence-corrected chi connectivity index (χ1v) is 6.25.